The van der Waals surface area contributed by atoms with Gasteiger partial charge in [-0.1, -0.05) is 12.1 Å². The summed E-state index contributed by atoms with van der Waals surface area (Å²) in [7, 11) is 0. The van der Waals surface area contributed by atoms with E-state index in [1.165, 1.54) is 24.4 Å². The van der Waals surface area contributed by atoms with E-state index in [2.05, 4.69) is 31.1 Å². The number of hydrogen-bond donors (Lipinski definition) is 3. The molecule has 1 aliphatic rings. The molecule has 0 spiro atoms. The van der Waals surface area contributed by atoms with E-state index in [1.807, 2.05) is 0 Å². The van der Waals surface area contributed by atoms with Crippen LogP contribution in [0.5, 0.6) is 0 Å². The lowest BCUT2D eigenvalue weighted by atomic mass is 10.2. The standard InChI is InChI=1S/C21H17F3N6O2/c22-21(23,24)16-11-17(28-18(27-16)15-6-1-2-9-25-15)29-30-20(32)13-4-3-5-14(10-13)26-19(31)12-7-8-12/h1-6,9-12H,7-8H2,(H,26,31)(H,30,32)(H,27,28,29). The molecule has 2 heterocycles. The van der Waals surface area contributed by atoms with Gasteiger partial charge in [0.25, 0.3) is 5.91 Å². The van der Waals surface area contributed by atoms with Crippen molar-refractivity contribution in [2.24, 2.45) is 5.92 Å². The highest BCUT2D eigenvalue weighted by atomic mass is 19.4. The van der Waals surface area contributed by atoms with Gasteiger partial charge in [-0.15, -0.1) is 0 Å². The molecule has 1 fully saturated rings. The number of anilines is 2. The van der Waals surface area contributed by atoms with Crippen molar-refractivity contribution in [1.82, 2.24) is 20.4 Å². The highest BCUT2D eigenvalue weighted by Gasteiger charge is 2.34. The molecule has 3 N–H and O–H groups in total. The van der Waals surface area contributed by atoms with Crippen molar-refractivity contribution in [3.05, 3.63) is 66.0 Å². The summed E-state index contributed by atoms with van der Waals surface area (Å²) in [6.07, 6.45) is -1.63. The third-order valence-corrected chi connectivity index (χ3v) is 4.56. The van der Waals surface area contributed by atoms with Gasteiger partial charge >= 0.3 is 6.18 Å². The third kappa shape index (κ3) is 5.17. The second kappa shape index (κ2) is 8.61. The van der Waals surface area contributed by atoms with Gasteiger partial charge in [0.2, 0.25) is 5.91 Å². The van der Waals surface area contributed by atoms with Gasteiger partial charge in [0.15, 0.2) is 11.5 Å². The Kier molecular flexibility index (Phi) is 5.71. The number of amides is 2. The molecule has 1 aromatic carbocycles. The highest BCUT2D eigenvalue weighted by Crippen LogP contribution is 2.31. The summed E-state index contributed by atoms with van der Waals surface area (Å²) in [5.74, 6) is -1.24. The first-order valence-electron chi connectivity index (χ1n) is 9.64. The minimum absolute atomic E-state index is 0.00282. The van der Waals surface area contributed by atoms with Gasteiger partial charge in [0.1, 0.15) is 11.5 Å². The number of aromatic nitrogens is 3. The number of carbonyl (C=O) groups excluding carboxylic acids is 2. The van der Waals surface area contributed by atoms with Crippen LogP contribution in [0.3, 0.4) is 0 Å². The van der Waals surface area contributed by atoms with E-state index in [1.54, 1.807) is 24.3 Å². The summed E-state index contributed by atoms with van der Waals surface area (Å²) in [4.78, 5) is 35.9. The van der Waals surface area contributed by atoms with Crippen LogP contribution >= 0.6 is 0 Å². The van der Waals surface area contributed by atoms with Crippen molar-refractivity contribution in [2.45, 2.75) is 19.0 Å². The average molecular weight is 442 g/mol. The fourth-order valence-electron chi connectivity index (χ4n) is 2.79. The fourth-order valence-corrected chi connectivity index (χ4v) is 2.79. The maximum atomic E-state index is 13.3. The van der Waals surface area contributed by atoms with Gasteiger partial charge < -0.3 is 5.32 Å². The van der Waals surface area contributed by atoms with Gasteiger partial charge in [-0.2, -0.15) is 13.2 Å². The van der Waals surface area contributed by atoms with Crippen LogP contribution in [0.1, 0.15) is 28.9 Å². The first kappa shape index (κ1) is 21.2. The Morgan fingerprint density at radius 1 is 1.00 bits per heavy atom. The van der Waals surface area contributed by atoms with Gasteiger partial charge in [-0.05, 0) is 43.2 Å². The number of rotatable bonds is 6. The Morgan fingerprint density at radius 3 is 2.50 bits per heavy atom. The molecule has 0 aliphatic heterocycles. The van der Waals surface area contributed by atoms with E-state index in [4.69, 9.17) is 0 Å². The monoisotopic (exact) mass is 442 g/mol. The minimum Gasteiger partial charge on any atom is -0.326 e. The molecule has 0 saturated heterocycles. The maximum absolute atomic E-state index is 13.3. The van der Waals surface area contributed by atoms with E-state index < -0.39 is 17.8 Å². The number of alkyl halides is 3. The number of nitrogens with zero attached hydrogens (tertiary/aromatic N) is 3. The van der Waals surface area contributed by atoms with Crippen molar-refractivity contribution in [3.63, 3.8) is 0 Å². The Balaban J connectivity index is 1.50. The third-order valence-electron chi connectivity index (χ3n) is 4.56. The molecule has 2 amide bonds. The number of hydrazine groups is 1. The number of hydrogen-bond acceptors (Lipinski definition) is 6. The Hall–Kier alpha value is -4.02. The summed E-state index contributed by atoms with van der Waals surface area (Å²) in [6.45, 7) is 0. The van der Waals surface area contributed by atoms with Crippen LogP contribution in [0.2, 0.25) is 0 Å². The molecule has 0 radical (unpaired) electrons. The van der Waals surface area contributed by atoms with Crippen molar-refractivity contribution >= 4 is 23.3 Å². The second-order valence-corrected chi connectivity index (χ2v) is 7.10. The quantitative estimate of drug-likeness (QED) is 0.503. The number of nitrogens with one attached hydrogen (secondary N) is 3. The molecule has 11 heteroatoms. The first-order valence-corrected chi connectivity index (χ1v) is 9.64. The second-order valence-electron chi connectivity index (χ2n) is 7.10. The summed E-state index contributed by atoms with van der Waals surface area (Å²) < 4.78 is 39.8. The number of halogens is 3. The lowest BCUT2D eigenvalue weighted by Crippen LogP contribution is -2.30. The molecule has 4 rings (SSSR count). The lowest BCUT2D eigenvalue weighted by Gasteiger charge is -2.13. The minimum atomic E-state index is -4.72. The van der Waals surface area contributed by atoms with Crippen molar-refractivity contribution in [3.8, 4) is 11.5 Å². The number of benzene rings is 1. The zero-order valence-corrected chi connectivity index (χ0v) is 16.5. The molecular formula is C21H17F3N6O2. The zero-order chi connectivity index (χ0) is 22.7. The molecule has 8 nitrogen and oxygen atoms in total. The molecule has 2 aromatic heterocycles. The molecule has 0 unspecified atom stereocenters. The van der Waals surface area contributed by atoms with Gasteiger partial charge in [-0.3, -0.25) is 25.4 Å². The molecule has 3 aromatic rings. The van der Waals surface area contributed by atoms with Crippen LogP contribution in [-0.4, -0.2) is 26.8 Å². The van der Waals surface area contributed by atoms with E-state index in [0.29, 0.717) is 11.8 Å². The fraction of sp³-hybridized carbons (Fsp3) is 0.190. The van der Waals surface area contributed by atoms with Crippen LogP contribution in [0.4, 0.5) is 24.7 Å². The molecule has 1 aliphatic carbocycles. The van der Waals surface area contributed by atoms with Gasteiger partial charge in [0.05, 0.1) is 0 Å². The van der Waals surface area contributed by atoms with Crippen LogP contribution in [-0.2, 0) is 11.0 Å². The lowest BCUT2D eigenvalue weighted by molar-refractivity contribution is -0.141. The topological polar surface area (TPSA) is 109 Å². The van der Waals surface area contributed by atoms with Crippen LogP contribution in [0, 0.1) is 5.92 Å². The highest BCUT2D eigenvalue weighted by molar-refractivity contribution is 5.98. The summed E-state index contributed by atoms with van der Waals surface area (Å²) in [5, 5.41) is 2.73. The van der Waals surface area contributed by atoms with Gasteiger partial charge in [0, 0.05) is 29.4 Å². The van der Waals surface area contributed by atoms with E-state index >= 15 is 0 Å². The predicted octanol–water partition coefficient (Wildman–Crippen LogP) is 3.66. The predicted molar refractivity (Wildman–Crippen MR) is 109 cm³/mol. The largest absolute Gasteiger partial charge is 0.433 e. The molecule has 0 bridgehead atoms. The number of pyridine rings is 1. The molecule has 1 saturated carbocycles. The van der Waals surface area contributed by atoms with Crippen molar-refractivity contribution < 1.29 is 22.8 Å². The normalized spacial score (nSPS) is 13.3. The van der Waals surface area contributed by atoms with Crippen molar-refractivity contribution in [2.75, 3.05) is 10.7 Å². The Morgan fingerprint density at radius 2 is 1.81 bits per heavy atom. The average Bonchev–Trinajstić information content (AvgIpc) is 3.63. The van der Waals surface area contributed by atoms with Gasteiger partial charge in [-0.25, -0.2) is 9.97 Å². The first-order chi connectivity index (χ1) is 15.3. The molecular weight excluding hydrogens is 425 g/mol. The van der Waals surface area contributed by atoms with E-state index in [-0.39, 0.29) is 34.7 Å². The molecule has 164 valence electrons. The smallest absolute Gasteiger partial charge is 0.326 e. The van der Waals surface area contributed by atoms with E-state index in [0.717, 1.165) is 12.8 Å². The maximum Gasteiger partial charge on any atom is 0.433 e. The Labute approximate surface area is 180 Å². The van der Waals surface area contributed by atoms with Crippen LogP contribution in [0.15, 0.2) is 54.7 Å². The SMILES string of the molecule is O=C(NNc1cc(C(F)(F)F)nc(-c2ccccn2)n1)c1cccc(NC(=O)C2CC2)c1. The van der Waals surface area contributed by atoms with Crippen LogP contribution in [0.25, 0.3) is 11.5 Å². The zero-order valence-electron chi connectivity index (χ0n) is 16.5. The molecule has 32 heavy (non-hydrogen) atoms. The summed E-state index contributed by atoms with van der Waals surface area (Å²) in [5.41, 5.74) is 4.30. The number of carbonyl (C=O) groups is 2. The summed E-state index contributed by atoms with van der Waals surface area (Å²) in [6, 6.07) is 11.6. The van der Waals surface area contributed by atoms with Crippen LogP contribution < -0.4 is 16.2 Å². The molecule has 0 atom stereocenters. The van der Waals surface area contributed by atoms with Crippen molar-refractivity contribution in [1.29, 1.82) is 0 Å². The Bertz CT molecular complexity index is 1150. The summed E-state index contributed by atoms with van der Waals surface area (Å²) >= 11 is 0. The van der Waals surface area contributed by atoms with E-state index in [9.17, 15) is 22.8 Å².